The normalized spacial score (nSPS) is 17.0. The van der Waals surface area contributed by atoms with Crippen molar-refractivity contribution in [1.82, 2.24) is 5.32 Å². The topological polar surface area (TPSA) is 58.2 Å². The molecule has 0 saturated carbocycles. The van der Waals surface area contributed by atoms with Gasteiger partial charge in [0.25, 0.3) is 0 Å². The minimum atomic E-state index is -0.391. The molecule has 108 valence electrons. The molecule has 0 bridgehead atoms. The molecule has 2 aromatic rings. The molecule has 2 amide bonds. The van der Waals surface area contributed by atoms with Gasteiger partial charge in [0.15, 0.2) is 0 Å². The van der Waals surface area contributed by atoms with Gasteiger partial charge in [0, 0.05) is 18.7 Å². The predicted octanol–water partition coefficient (Wildman–Crippen LogP) is 2.53. The highest BCUT2D eigenvalue weighted by atomic mass is 32.1. The van der Waals surface area contributed by atoms with Crippen LogP contribution in [0.25, 0.3) is 0 Å². The van der Waals surface area contributed by atoms with Crippen LogP contribution in [0.3, 0.4) is 0 Å². The van der Waals surface area contributed by atoms with Crippen molar-refractivity contribution < 1.29 is 9.59 Å². The van der Waals surface area contributed by atoms with Crippen LogP contribution in [-0.2, 0) is 16.0 Å². The molecule has 1 aromatic heterocycles. The molecule has 0 aliphatic carbocycles. The second-order valence-electron chi connectivity index (χ2n) is 5.06. The second-order valence-corrected chi connectivity index (χ2v) is 5.84. The number of hydrogen-bond donors (Lipinski definition) is 2. The Morgan fingerprint density at radius 2 is 2.19 bits per heavy atom. The number of hydrogen-bond acceptors (Lipinski definition) is 3. The summed E-state index contributed by atoms with van der Waals surface area (Å²) in [5.74, 6) is -0.573. The van der Waals surface area contributed by atoms with Gasteiger partial charge < -0.3 is 10.6 Å². The van der Waals surface area contributed by atoms with Gasteiger partial charge in [-0.2, -0.15) is 11.3 Å². The Bertz CT molecular complexity index is 652. The average molecular weight is 300 g/mol. The fraction of sp³-hybridized carbons (Fsp3) is 0.250. The summed E-state index contributed by atoms with van der Waals surface area (Å²) in [7, 11) is 0. The SMILES string of the molecule is O=C1C[C@@H](C(=O)NCCc2ccsc2)c2ccccc2N1. The molecule has 0 spiro atoms. The van der Waals surface area contributed by atoms with E-state index in [0.29, 0.717) is 6.54 Å². The molecule has 0 saturated heterocycles. The van der Waals surface area contributed by atoms with Crippen molar-refractivity contribution >= 4 is 28.8 Å². The summed E-state index contributed by atoms with van der Waals surface area (Å²) in [6, 6.07) is 9.54. The zero-order valence-electron chi connectivity index (χ0n) is 11.5. The fourth-order valence-corrected chi connectivity index (χ4v) is 3.24. The van der Waals surface area contributed by atoms with Crippen LogP contribution in [0.15, 0.2) is 41.1 Å². The largest absolute Gasteiger partial charge is 0.355 e. The Morgan fingerprint density at radius 3 is 3.00 bits per heavy atom. The molecular weight excluding hydrogens is 284 g/mol. The Hall–Kier alpha value is -2.14. The number of rotatable bonds is 4. The van der Waals surface area contributed by atoms with Crippen molar-refractivity contribution in [2.75, 3.05) is 11.9 Å². The molecule has 2 N–H and O–H groups in total. The van der Waals surface area contributed by atoms with Crippen molar-refractivity contribution in [3.63, 3.8) is 0 Å². The van der Waals surface area contributed by atoms with E-state index in [0.717, 1.165) is 17.7 Å². The number of para-hydroxylation sites is 1. The highest BCUT2D eigenvalue weighted by Crippen LogP contribution is 2.31. The van der Waals surface area contributed by atoms with Crippen molar-refractivity contribution in [2.24, 2.45) is 0 Å². The Kier molecular flexibility index (Phi) is 4.01. The molecule has 5 heteroatoms. The van der Waals surface area contributed by atoms with Gasteiger partial charge in [-0.3, -0.25) is 9.59 Å². The number of thiophene rings is 1. The maximum Gasteiger partial charge on any atom is 0.228 e. The van der Waals surface area contributed by atoms with Crippen molar-refractivity contribution in [3.05, 3.63) is 52.2 Å². The molecule has 0 unspecified atom stereocenters. The molecule has 0 fully saturated rings. The van der Waals surface area contributed by atoms with Gasteiger partial charge in [-0.15, -0.1) is 0 Å². The molecule has 21 heavy (non-hydrogen) atoms. The Labute approximate surface area is 127 Å². The molecular formula is C16H16N2O2S. The molecule has 4 nitrogen and oxygen atoms in total. The van der Waals surface area contributed by atoms with Gasteiger partial charge in [0.2, 0.25) is 11.8 Å². The number of carbonyl (C=O) groups excluding carboxylic acids is 2. The van der Waals surface area contributed by atoms with E-state index in [9.17, 15) is 9.59 Å². The monoisotopic (exact) mass is 300 g/mol. The van der Waals surface area contributed by atoms with Crippen molar-refractivity contribution in [1.29, 1.82) is 0 Å². The first-order valence-electron chi connectivity index (χ1n) is 6.91. The lowest BCUT2D eigenvalue weighted by molar-refractivity contribution is -0.126. The number of anilines is 1. The lowest BCUT2D eigenvalue weighted by atomic mass is 9.90. The lowest BCUT2D eigenvalue weighted by Crippen LogP contribution is -2.35. The number of amides is 2. The molecule has 1 aliphatic heterocycles. The third-order valence-corrected chi connectivity index (χ3v) is 4.34. The van der Waals surface area contributed by atoms with Crippen molar-refractivity contribution in [2.45, 2.75) is 18.8 Å². The van der Waals surface area contributed by atoms with Crippen LogP contribution >= 0.6 is 11.3 Å². The van der Waals surface area contributed by atoms with Gasteiger partial charge in [0.1, 0.15) is 0 Å². The van der Waals surface area contributed by atoms with Gasteiger partial charge in [-0.05, 0) is 40.4 Å². The minimum absolute atomic E-state index is 0.0764. The number of carbonyl (C=O) groups is 2. The Morgan fingerprint density at radius 1 is 1.33 bits per heavy atom. The van der Waals surface area contributed by atoms with Crippen LogP contribution in [-0.4, -0.2) is 18.4 Å². The molecule has 1 atom stereocenters. The number of nitrogens with one attached hydrogen (secondary N) is 2. The zero-order chi connectivity index (χ0) is 14.7. The maximum atomic E-state index is 12.3. The first kappa shape index (κ1) is 13.8. The first-order chi connectivity index (χ1) is 10.2. The molecule has 3 rings (SSSR count). The first-order valence-corrected chi connectivity index (χ1v) is 7.86. The highest BCUT2D eigenvalue weighted by molar-refractivity contribution is 7.07. The third kappa shape index (κ3) is 3.13. The Balaban J connectivity index is 1.65. The van der Waals surface area contributed by atoms with Crippen LogP contribution in [0.4, 0.5) is 5.69 Å². The van der Waals surface area contributed by atoms with E-state index in [1.807, 2.05) is 29.6 Å². The minimum Gasteiger partial charge on any atom is -0.355 e. The van der Waals surface area contributed by atoms with Gasteiger partial charge >= 0.3 is 0 Å². The average Bonchev–Trinajstić information content (AvgIpc) is 2.99. The van der Waals surface area contributed by atoms with E-state index in [1.54, 1.807) is 11.3 Å². The van der Waals surface area contributed by atoms with Crippen LogP contribution in [0.2, 0.25) is 0 Å². The predicted molar refractivity (Wildman–Crippen MR) is 83.5 cm³/mol. The molecule has 1 aliphatic rings. The van der Waals surface area contributed by atoms with Crippen LogP contribution in [0, 0.1) is 0 Å². The number of fused-ring (bicyclic) bond motifs is 1. The smallest absolute Gasteiger partial charge is 0.228 e. The molecule has 2 heterocycles. The van der Waals surface area contributed by atoms with Gasteiger partial charge in [-0.1, -0.05) is 18.2 Å². The standard InChI is InChI=1S/C16H16N2O2S/c19-15-9-13(12-3-1-2-4-14(12)18-15)16(20)17-7-5-11-6-8-21-10-11/h1-4,6,8,10,13H,5,7,9H2,(H,17,20)(H,18,19)/t13-/m1/s1. The lowest BCUT2D eigenvalue weighted by Gasteiger charge is -2.24. The molecule has 0 radical (unpaired) electrons. The summed E-state index contributed by atoms with van der Waals surface area (Å²) in [6.07, 6.45) is 1.02. The van der Waals surface area contributed by atoms with Gasteiger partial charge in [-0.25, -0.2) is 0 Å². The van der Waals surface area contributed by atoms with Gasteiger partial charge in [0.05, 0.1) is 5.92 Å². The summed E-state index contributed by atoms with van der Waals surface area (Å²) >= 11 is 1.65. The fourth-order valence-electron chi connectivity index (χ4n) is 2.53. The van der Waals surface area contributed by atoms with E-state index in [1.165, 1.54) is 5.56 Å². The van der Waals surface area contributed by atoms with E-state index in [-0.39, 0.29) is 18.2 Å². The quantitative estimate of drug-likeness (QED) is 0.911. The summed E-state index contributed by atoms with van der Waals surface area (Å²) in [6.45, 7) is 0.593. The van der Waals surface area contributed by atoms with E-state index in [4.69, 9.17) is 0 Å². The van der Waals surface area contributed by atoms with Crippen LogP contribution in [0.1, 0.15) is 23.5 Å². The van der Waals surface area contributed by atoms with E-state index < -0.39 is 5.92 Å². The third-order valence-electron chi connectivity index (χ3n) is 3.61. The van der Waals surface area contributed by atoms with E-state index in [2.05, 4.69) is 22.1 Å². The summed E-state index contributed by atoms with van der Waals surface area (Å²) in [5, 5.41) is 9.85. The van der Waals surface area contributed by atoms with E-state index >= 15 is 0 Å². The summed E-state index contributed by atoms with van der Waals surface area (Å²) in [5.41, 5.74) is 2.86. The van der Waals surface area contributed by atoms with Crippen molar-refractivity contribution in [3.8, 4) is 0 Å². The second kappa shape index (κ2) is 6.10. The zero-order valence-corrected chi connectivity index (χ0v) is 12.3. The number of benzene rings is 1. The summed E-state index contributed by atoms with van der Waals surface area (Å²) < 4.78 is 0. The molecule has 1 aromatic carbocycles. The highest BCUT2D eigenvalue weighted by Gasteiger charge is 2.29. The van der Waals surface area contributed by atoms with Crippen LogP contribution in [0.5, 0.6) is 0 Å². The van der Waals surface area contributed by atoms with Crippen LogP contribution < -0.4 is 10.6 Å². The maximum absolute atomic E-state index is 12.3. The summed E-state index contributed by atoms with van der Waals surface area (Å²) in [4.78, 5) is 24.1.